The van der Waals surface area contributed by atoms with Gasteiger partial charge >= 0.3 is 12.1 Å². The highest BCUT2D eigenvalue weighted by molar-refractivity contribution is 5.95. The van der Waals surface area contributed by atoms with Crippen molar-refractivity contribution >= 4 is 17.4 Å². The summed E-state index contributed by atoms with van der Waals surface area (Å²) in [6.45, 7) is 0. The van der Waals surface area contributed by atoms with Gasteiger partial charge in [-0.15, -0.1) is 0 Å². The van der Waals surface area contributed by atoms with E-state index in [9.17, 15) is 18.0 Å². The number of methoxy groups -OCH3 is 2. The summed E-state index contributed by atoms with van der Waals surface area (Å²) in [6.07, 6.45) is 1.03. The van der Waals surface area contributed by atoms with Crippen molar-refractivity contribution in [1.82, 2.24) is 0 Å². The standard InChI is InChI=1S/C21H24F3NO3/c1-27-17-9-15(8-16(10-17)25-20(26)21(22,23)24)19(28-2)18-13-4-11-3-12(6-13)7-14(18)5-11/h8-14H,3-7H2,1-2H3,(H,25,26). The molecule has 0 radical (unpaired) electrons. The maximum atomic E-state index is 12.7. The van der Waals surface area contributed by atoms with Gasteiger partial charge in [0.05, 0.1) is 14.2 Å². The molecule has 1 amide bonds. The summed E-state index contributed by atoms with van der Waals surface area (Å²) in [6, 6.07) is 4.66. The molecule has 1 aromatic rings. The first kappa shape index (κ1) is 19.2. The van der Waals surface area contributed by atoms with Gasteiger partial charge in [0.25, 0.3) is 0 Å². The number of carbonyl (C=O) groups excluding carboxylic acids is 1. The Balaban J connectivity index is 1.72. The number of ether oxygens (including phenoxy) is 2. The number of hydrogen-bond donors (Lipinski definition) is 1. The van der Waals surface area contributed by atoms with Gasteiger partial charge in [0.1, 0.15) is 11.5 Å². The van der Waals surface area contributed by atoms with E-state index >= 15 is 0 Å². The van der Waals surface area contributed by atoms with Gasteiger partial charge in [0.2, 0.25) is 0 Å². The van der Waals surface area contributed by atoms with Crippen LogP contribution < -0.4 is 10.1 Å². The SMILES string of the molecule is COC(=C1C2CC3CC(C2)CC1C3)c1cc(NC(=O)C(F)(F)F)cc(OC)c1. The van der Waals surface area contributed by atoms with E-state index in [1.807, 2.05) is 5.32 Å². The minimum absolute atomic E-state index is 0.0376. The third-order valence-electron chi connectivity index (χ3n) is 6.40. The van der Waals surface area contributed by atoms with Crippen molar-refractivity contribution in [3.63, 3.8) is 0 Å². The van der Waals surface area contributed by atoms with Crippen LogP contribution in [-0.4, -0.2) is 26.3 Å². The molecule has 152 valence electrons. The van der Waals surface area contributed by atoms with Crippen molar-refractivity contribution in [1.29, 1.82) is 0 Å². The number of benzene rings is 1. The molecule has 1 N–H and O–H groups in total. The lowest BCUT2D eigenvalue weighted by Gasteiger charge is -2.51. The quantitative estimate of drug-likeness (QED) is 0.729. The molecule has 7 heteroatoms. The Morgan fingerprint density at radius 2 is 1.61 bits per heavy atom. The van der Waals surface area contributed by atoms with Crippen molar-refractivity contribution < 1.29 is 27.4 Å². The lowest BCUT2D eigenvalue weighted by atomic mass is 9.54. The van der Waals surface area contributed by atoms with Crippen LogP contribution >= 0.6 is 0 Å². The number of rotatable bonds is 4. The van der Waals surface area contributed by atoms with E-state index in [0.717, 1.165) is 43.3 Å². The van der Waals surface area contributed by atoms with Gasteiger partial charge in [-0.2, -0.15) is 13.2 Å². The Kier molecular flexibility index (Phi) is 4.79. The van der Waals surface area contributed by atoms with Gasteiger partial charge in [-0.25, -0.2) is 0 Å². The molecule has 0 spiro atoms. The van der Waals surface area contributed by atoms with Gasteiger partial charge < -0.3 is 14.8 Å². The van der Waals surface area contributed by atoms with E-state index in [-0.39, 0.29) is 5.69 Å². The fraction of sp³-hybridized carbons (Fsp3) is 0.571. The molecule has 5 rings (SSSR count). The van der Waals surface area contributed by atoms with E-state index in [1.54, 1.807) is 13.2 Å². The van der Waals surface area contributed by atoms with Crippen molar-refractivity contribution in [3.8, 4) is 5.75 Å². The number of allylic oxidation sites excluding steroid dienone is 1. The Morgan fingerprint density at radius 3 is 2.11 bits per heavy atom. The fourth-order valence-electron chi connectivity index (χ4n) is 5.59. The summed E-state index contributed by atoms with van der Waals surface area (Å²) < 4.78 is 49.0. The monoisotopic (exact) mass is 395 g/mol. The number of hydrogen-bond acceptors (Lipinski definition) is 3. The maximum absolute atomic E-state index is 12.7. The highest BCUT2D eigenvalue weighted by Gasteiger charge is 2.46. The molecule has 0 aliphatic heterocycles. The highest BCUT2D eigenvalue weighted by atomic mass is 19.4. The van der Waals surface area contributed by atoms with Crippen LogP contribution in [0.4, 0.5) is 18.9 Å². The summed E-state index contributed by atoms with van der Waals surface area (Å²) in [5.41, 5.74) is 1.97. The molecule has 4 bridgehead atoms. The number of amides is 1. The number of nitrogens with one attached hydrogen (secondary N) is 1. The Bertz CT molecular complexity index is 786. The van der Waals surface area contributed by atoms with Crippen molar-refractivity contribution in [2.24, 2.45) is 23.7 Å². The van der Waals surface area contributed by atoms with Crippen LogP contribution in [0, 0.1) is 23.7 Å². The molecular weight excluding hydrogens is 371 g/mol. The third kappa shape index (κ3) is 3.47. The van der Waals surface area contributed by atoms with Gasteiger partial charge in [-0.3, -0.25) is 4.79 Å². The van der Waals surface area contributed by atoms with Crippen LogP contribution in [0.25, 0.3) is 5.76 Å². The Morgan fingerprint density at radius 1 is 1.00 bits per heavy atom. The zero-order valence-electron chi connectivity index (χ0n) is 15.9. The first-order valence-electron chi connectivity index (χ1n) is 9.64. The average Bonchev–Trinajstić information content (AvgIpc) is 2.63. The second kappa shape index (κ2) is 7.01. The summed E-state index contributed by atoms with van der Waals surface area (Å²) in [7, 11) is 3.04. The van der Waals surface area contributed by atoms with Crippen LogP contribution in [-0.2, 0) is 9.53 Å². The van der Waals surface area contributed by atoms with E-state index < -0.39 is 12.1 Å². The molecular formula is C21H24F3NO3. The molecule has 28 heavy (non-hydrogen) atoms. The molecule has 4 fully saturated rings. The molecule has 0 heterocycles. The number of carbonyl (C=O) groups is 1. The van der Waals surface area contributed by atoms with Gasteiger partial charge in [-0.1, -0.05) is 0 Å². The lowest BCUT2D eigenvalue weighted by molar-refractivity contribution is -0.167. The van der Waals surface area contributed by atoms with E-state index in [4.69, 9.17) is 9.47 Å². The first-order valence-corrected chi connectivity index (χ1v) is 9.64. The summed E-state index contributed by atoms with van der Waals surface area (Å²) in [5.74, 6) is 1.61. The summed E-state index contributed by atoms with van der Waals surface area (Å²) in [4.78, 5) is 11.4. The van der Waals surface area contributed by atoms with Crippen molar-refractivity contribution in [2.75, 3.05) is 19.5 Å². The first-order chi connectivity index (χ1) is 13.3. The second-order valence-corrected chi connectivity index (χ2v) is 8.20. The number of anilines is 1. The molecule has 0 aromatic heterocycles. The van der Waals surface area contributed by atoms with Crippen LogP contribution in [0.15, 0.2) is 23.8 Å². The molecule has 0 saturated heterocycles. The molecule has 4 aliphatic rings. The van der Waals surface area contributed by atoms with Gasteiger partial charge in [0.15, 0.2) is 0 Å². The zero-order valence-corrected chi connectivity index (χ0v) is 15.9. The molecule has 1 aromatic carbocycles. The van der Waals surface area contributed by atoms with Gasteiger partial charge in [-0.05, 0) is 73.5 Å². The van der Waals surface area contributed by atoms with Crippen LogP contribution in [0.3, 0.4) is 0 Å². The molecule has 4 nitrogen and oxygen atoms in total. The third-order valence-corrected chi connectivity index (χ3v) is 6.40. The molecule has 0 unspecified atom stereocenters. The average molecular weight is 395 g/mol. The smallest absolute Gasteiger partial charge is 0.471 e. The fourth-order valence-corrected chi connectivity index (χ4v) is 5.59. The van der Waals surface area contributed by atoms with Crippen LogP contribution in [0.1, 0.15) is 37.7 Å². The normalized spacial score (nSPS) is 28.2. The largest absolute Gasteiger partial charge is 0.497 e. The lowest BCUT2D eigenvalue weighted by Crippen LogP contribution is -2.40. The highest BCUT2D eigenvalue weighted by Crippen LogP contribution is 2.58. The topological polar surface area (TPSA) is 47.6 Å². The minimum Gasteiger partial charge on any atom is -0.497 e. The summed E-state index contributed by atoms with van der Waals surface area (Å²) >= 11 is 0. The second-order valence-electron chi connectivity index (χ2n) is 8.20. The number of alkyl halides is 3. The van der Waals surface area contributed by atoms with Crippen molar-refractivity contribution in [3.05, 3.63) is 29.3 Å². The van der Waals surface area contributed by atoms with Crippen molar-refractivity contribution in [2.45, 2.75) is 38.3 Å². The van der Waals surface area contributed by atoms with E-state index in [0.29, 0.717) is 23.1 Å². The molecule has 4 aliphatic carbocycles. The van der Waals surface area contributed by atoms with Crippen LogP contribution in [0.2, 0.25) is 0 Å². The maximum Gasteiger partial charge on any atom is 0.471 e. The number of halogens is 3. The van der Waals surface area contributed by atoms with Gasteiger partial charge in [0, 0.05) is 17.3 Å². The Labute approximate surface area is 162 Å². The van der Waals surface area contributed by atoms with E-state index in [1.165, 1.54) is 31.2 Å². The zero-order chi connectivity index (χ0) is 20.1. The van der Waals surface area contributed by atoms with Crippen LogP contribution in [0.5, 0.6) is 5.75 Å². The predicted octanol–water partition coefficient (Wildman–Crippen LogP) is 5.01. The minimum atomic E-state index is -4.95. The summed E-state index contributed by atoms with van der Waals surface area (Å²) in [5, 5.41) is 1.92. The molecule has 4 saturated carbocycles. The predicted molar refractivity (Wildman–Crippen MR) is 98.7 cm³/mol. The molecule has 0 atom stereocenters. The Hall–Kier alpha value is -2.18. The van der Waals surface area contributed by atoms with E-state index in [2.05, 4.69) is 0 Å².